The molecule has 0 N–H and O–H groups in total. The van der Waals surface area contributed by atoms with E-state index in [9.17, 15) is 4.79 Å². The number of benzene rings is 1. The van der Waals surface area contributed by atoms with Gasteiger partial charge in [-0.15, -0.1) is 0 Å². The van der Waals surface area contributed by atoms with Gasteiger partial charge in [0.25, 0.3) is 0 Å². The first-order chi connectivity index (χ1) is 12.3. The highest BCUT2D eigenvalue weighted by molar-refractivity contribution is 5.78. The second-order valence-electron chi connectivity index (χ2n) is 9.69. The third-order valence-corrected chi connectivity index (χ3v) is 7.78. The van der Waals surface area contributed by atoms with Crippen molar-refractivity contribution in [3.63, 3.8) is 0 Å². The molecule has 0 aliphatic heterocycles. The van der Waals surface area contributed by atoms with Crippen molar-refractivity contribution < 1.29 is 9.53 Å². The van der Waals surface area contributed by atoms with Crippen molar-refractivity contribution in [2.45, 2.75) is 72.6 Å². The Morgan fingerprint density at radius 1 is 1.19 bits per heavy atom. The Bertz CT molecular complexity index is 647. The molecule has 2 heteroatoms. The number of hydrogen-bond acceptors (Lipinski definition) is 2. The SMILES string of the molecule is COc1cccc(CC[C@H]2[C@@H](C(C)=O)CC[C@H]3C(C)(C)CCC[C@]23C)c1. The molecule has 2 saturated carbocycles. The van der Waals surface area contributed by atoms with Crippen LogP contribution < -0.4 is 4.74 Å². The number of Topliss-reactive ketones (excluding diaryl/α,β-unsaturated/α-hetero) is 1. The van der Waals surface area contributed by atoms with E-state index in [0.29, 0.717) is 22.5 Å². The zero-order chi connectivity index (χ0) is 18.9. The van der Waals surface area contributed by atoms with Crippen molar-refractivity contribution in [1.29, 1.82) is 0 Å². The minimum atomic E-state index is 0.246. The van der Waals surface area contributed by atoms with Gasteiger partial charge in [-0.25, -0.2) is 0 Å². The number of hydrogen-bond donors (Lipinski definition) is 0. The molecule has 0 heterocycles. The summed E-state index contributed by atoms with van der Waals surface area (Å²) in [6.07, 6.45) is 8.38. The molecule has 1 aromatic carbocycles. The minimum Gasteiger partial charge on any atom is -0.497 e. The first-order valence-corrected chi connectivity index (χ1v) is 10.4. The van der Waals surface area contributed by atoms with Gasteiger partial charge >= 0.3 is 0 Å². The fourth-order valence-electron chi connectivity index (χ4n) is 6.50. The van der Waals surface area contributed by atoms with Gasteiger partial charge in [0, 0.05) is 5.92 Å². The molecule has 3 rings (SSSR count). The Morgan fingerprint density at radius 2 is 1.96 bits per heavy atom. The van der Waals surface area contributed by atoms with E-state index >= 15 is 0 Å². The summed E-state index contributed by atoms with van der Waals surface area (Å²) in [6, 6.07) is 8.42. The number of ketones is 1. The average Bonchev–Trinajstić information content (AvgIpc) is 2.59. The van der Waals surface area contributed by atoms with E-state index in [4.69, 9.17) is 4.74 Å². The molecule has 2 aliphatic rings. The smallest absolute Gasteiger partial charge is 0.133 e. The molecule has 0 unspecified atom stereocenters. The lowest BCUT2D eigenvalue weighted by Gasteiger charge is -2.59. The van der Waals surface area contributed by atoms with Crippen LogP contribution >= 0.6 is 0 Å². The number of carbonyl (C=O) groups excluding carboxylic acids is 1. The quantitative estimate of drug-likeness (QED) is 0.639. The van der Waals surface area contributed by atoms with Gasteiger partial charge in [0.15, 0.2) is 0 Å². The summed E-state index contributed by atoms with van der Waals surface area (Å²) >= 11 is 0. The monoisotopic (exact) mass is 356 g/mol. The molecule has 0 spiro atoms. The maximum absolute atomic E-state index is 12.5. The van der Waals surface area contributed by atoms with Crippen molar-refractivity contribution in [1.82, 2.24) is 0 Å². The Hall–Kier alpha value is -1.31. The maximum Gasteiger partial charge on any atom is 0.133 e. The predicted molar refractivity (Wildman–Crippen MR) is 107 cm³/mol. The van der Waals surface area contributed by atoms with Crippen LogP contribution in [0, 0.1) is 28.6 Å². The van der Waals surface area contributed by atoms with E-state index in [1.807, 2.05) is 13.0 Å². The molecule has 1 aromatic rings. The van der Waals surface area contributed by atoms with Gasteiger partial charge in [0.1, 0.15) is 11.5 Å². The van der Waals surface area contributed by atoms with Crippen molar-refractivity contribution in [3.8, 4) is 5.75 Å². The topological polar surface area (TPSA) is 26.3 Å². The fourth-order valence-corrected chi connectivity index (χ4v) is 6.50. The lowest BCUT2D eigenvalue weighted by atomic mass is 9.45. The summed E-state index contributed by atoms with van der Waals surface area (Å²) in [5, 5.41) is 0. The van der Waals surface area contributed by atoms with Crippen LogP contribution in [0.25, 0.3) is 0 Å². The molecule has 144 valence electrons. The molecule has 2 fully saturated rings. The Labute approximate surface area is 159 Å². The highest BCUT2D eigenvalue weighted by Gasteiger charge is 2.54. The largest absolute Gasteiger partial charge is 0.497 e. The second kappa shape index (κ2) is 7.37. The van der Waals surface area contributed by atoms with Gasteiger partial charge in [-0.2, -0.15) is 0 Å². The number of rotatable bonds is 5. The van der Waals surface area contributed by atoms with Crippen molar-refractivity contribution >= 4 is 5.78 Å². The Balaban J connectivity index is 1.85. The van der Waals surface area contributed by atoms with Crippen LogP contribution in [0.1, 0.15) is 71.8 Å². The molecule has 26 heavy (non-hydrogen) atoms. The van der Waals surface area contributed by atoms with E-state index in [2.05, 4.69) is 39.0 Å². The molecule has 2 aliphatic carbocycles. The number of aryl methyl sites for hydroxylation is 1. The van der Waals surface area contributed by atoms with E-state index in [1.54, 1.807) is 7.11 Å². The maximum atomic E-state index is 12.5. The van der Waals surface area contributed by atoms with Gasteiger partial charge in [-0.3, -0.25) is 4.79 Å². The normalized spacial score (nSPS) is 33.3. The molecule has 4 atom stereocenters. The van der Waals surface area contributed by atoms with Gasteiger partial charge in [0.05, 0.1) is 7.11 Å². The van der Waals surface area contributed by atoms with Crippen molar-refractivity contribution in [2.24, 2.45) is 28.6 Å². The highest BCUT2D eigenvalue weighted by Crippen LogP contribution is 2.62. The summed E-state index contributed by atoms with van der Waals surface area (Å²) in [6.45, 7) is 9.25. The van der Waals surface area contributed by atoms with Crippen LogP contribution in [-0.4, -0.2) is 12.9 Å². The number of carbonyl (C=O) groups is 1. The third-order valence-electron chi connectivity index (χ3n) is 7.78. The van der Waals surface area contributed by atoms with Crippen LogP contribution in [-0.2, 0) is 11.2 Å². The van der Waals surface area contributed by atoms with Gasteiger partial charge < -0.3 is 4.74 Å². The minimum absolute atomic E-state index is 0.246. The van der Waals surface area contributed by atoms with Crippen LogP contribution in [0.3, 0.4) is 0 Å². The van der Waals surface area contributed by atoms with Crippen LogP contribution in [0.2, 0.25) is 0 Å². The third kappa shape index (κ3) is 3.57. The molecular weight excluding hydrogens is 320 g/mol. The van der Waals surface area contributed by atoms with Crippen LogP contribution in [0.5, 0.6) is 5.75 Å². The summed E-state index contributed by atoms with van der Waals surface area (Å²) in [4.78, 5) is 12.5. The lowest BCUT2D eigenvalue weighted by molar-refractivity contribution is -0.138. The van der Waals surface area contributed by atoms with Crippen LogP contribution in [0.4, 0.5) is 0 Å². The van der Waals surface area contributed by atoms with E-state index in [1.165, 1.54) is 31.2 Å². The van der Waals surface area contributed by atoms with Crippen molar-refractivity contribution in [2.75, 3.05) is 7.11 Å². The summed E-state index contributed by atoms with van der Waals surface area (Å²) < 4.78 is 5.38. The van der Waals surface area contributed by atoms with Gasteiger partial charge in [0.2, 0.25) is 0 Å². The molecule has 0 saturated heterocycles. The highest BCUT2D eigenvalue weighted by atomic mass is 16.5. The summed E-state index contributed by atoms with van der Waals surface area (Å²) in [7, 11) is 1.72. The molecular formula is C24H36O2. The zero-order valence-corrected chi connectivity index (χ0v) is 17.3. The number of fused-ring (bicyclic) bond motifs is 1. The molecule has 2 nitrogen and oxygen atoms in total. The molecule has 0 radical (unpaired) electrons. The Kier molecular flexibility index (Phi) is 5.51. The standard InChI is InChI=1S/C24H36O2/c1-17(25)20-11-13-22-23(2,3)14-7-15-24(22,4)21(20)12-10-18-8-6-9-19(16-18)26-5/h6,8-9,16,20-22H,7,10-15H2,1-5H3/t20-,21+,22+,24-/m1/s1. The first kappa shape index (κ1) is 19.5. The molecule has 0 aromatic heterocycles. The predicted octanol–water partition coefficient (Wildman–Crippen LogP) is 6.08. The van der Waals surface area contributed by atoms with Gasteiger partial charge in [-0.05, 0) is 85.8 Å². The van der Waals surface area contributed by atoms with E-state index in [0.717, 1.165) is 30.9 Å². The second-order valence-corrected chi connectivity index (χ2v) is 9.69. The average molecular weight is 357 g/mol. The Morgan fingerprint density at radius 3 is 2.65 bits per heavy atom. The van der Waals surface area contributed by atoms with E-state index < -0.39 is 0 Å². The first-order valence-electron chi connectivity index (χ1n) is 10.4. The van der Waals surface area contributed by atoms with Crippen LogP contribution in [0.15, 0.2) is 24.3 Å². The van der Waals surface area contributed by atoms with Gasteiger partial charge in [-0.1, -0.05) is 39.3 Å². The zero-order valence-electron chi connectivity index (χ0n) is 17.3. The summed E-state index contributed by atoms with van der Waals surface area (Å²) in [5.74, 6) is 2.83. The number of ether oxygens (including phenoxy) is 1. The molecule has 0 bridgehead atoms. The summed E-state index contributed by atoms with van der Waals surface area (Å²) in [5.41, 5.74) is 2.03. The lowest BCUT2D eigenvalue weighted by Crippen LogP contribution is -2.52. The van der Waals surface area contributed by atoms with Crippen molar-refractivity contribution in [3.05, 3.63) is 29.8 Å². The molecule has 0 amide bonds. The van der Waals surface area contributed by atoms with E-state index in [-0.39, 0.29) is 5.92 Å². The number of methoxy groups -OCH3 is 1. The fraction of sp³-hybridized carbons (Fsp3) is 0.708.